The van der Waals surface area contributed by atoms with Crippen LogP contribution in [0.1, 0.15) is 37.7 Å². The lowest BCUT2D eigenvalue weighted by atomic mass is 10.0. The molecular formula is C16H21NO2. The fraction of sp³-hybridized carbons (Fsp3) is 0.438. The standard InChI is InChI=1S/C16H21NO2/c18-16(17-13-14-9-5-4-6-10-14)19-15-11-7-2-1-3-8-12-15/h4-7,9-11,15H,1-3,8,12-13H2,(H,17,18). The van der Waals surface area contributed by atoms with Crippen molar-refractivity contribution in [2.24, 2.45) is 0 Å². The monoisotopic (exact) mass is 259 g/mol. The number of ether oxygens (including phenoxy) is 1. The zero-order valence-corrected chi connectivity index (χ0v) is 11.2. The topological polar surface area (TPSA) is 38.3 Å². The normalized spacial score (nSPS) is 19.3. The van der Waals surface area contributed by atoms with Crippen LogP contribution in [0, 0.1) is 0 Å². The van der Waals surface area contributed by atoms with Gasteiger partial charge in [0.15, 0.2) is 0 Å². The van der Waals surface area contributed by atoms with Gasteiger partial charge in [-0.3, -0.25) is 0 Å². The van der Waals surface area contributed by atoms with Crippen LogP contribution in [0.15, 0.2) is 42.5 Å². The zero-order valence-electron chi connectivity index (χ0n) is 11.2. The van der Waals surface area contributed by atoms with Gasteiger partial charge in [-0.2, -0.15) is 0 Å². The summed E-state index contributed by atoms with van der Waals surface area (Å²) in [7, 11) is 0. The van der Waals surface area contributed by atoms with E-state index < -0.39 is 0 Å². The Morgan fingerprint density at radius 1 is 1.21 bits per heavy atom. The van der Waals surface area contributed by atoms with Crippen LogP contribution in [0.3, 0.4) is 0 Å². The van der Waals surface area contributed by atoms with E-state index in [0.29, 0.717) is 6.54 Å². The largest absolute Gasteiger partial charge is 0.442 e. The van der Waals surface area contributed by atoms with Crippen molar-refractivity contribution in [1.29, 1.82) is 0 Å². The number of nitrogens with one attached hydrogen (secondary N) is 1. The van der Waals surface area contributed by atoms with Crippen LogP contribution in [-0.4, -0.2) is 12.2 Å². The van der Waals surface area contributed by atoms with Crippen molar-refractivity contribution in [2.45, 2.75) is 44.8 Å². The smallest absolute Gasteiger partial charge is 0.407 e. The Kier molecular flexibility index (Phi) is 5.48. The van der Waals surface area contributed by atoms with E-state index in [0.717, 1.165) is 24.8 Å². The first-order valence-electron chi connectivity index (χ1n) is 6.99. The first-order valence-corrected chi connectivity index (χ1v) is 6.99. The number of carbonyl (C=O) groups is 1. The molecule has 0 saturated heterocycles. The minimum absolute atomic E-state index is 0.0731. The maximum Gasteiger partial charge on any atom is 0.407 e. The predicted octanol–water partition coefficient (Wildman–Crippen LogP) is 3.80. The van der Waals surface area contributed by atoms with Crippen molar-refractivity contribution in [3.8, 4) is 0 Å². The fourth-order valence-electron chi connectivity index (χ4n) is 2.18. The summed E-state index contributed by atoms with van der Waals surface area (Å²) < 4.78 is 5.41. The molecule has 1 atom stereocenters. The maximum atomic E-state index is 11.7. The lowest BCUT2D eigenvalue weighted by Gasteiger charge is -2.16. The minimum atomic E-state index is -0.334. The Labute approximate surface area is 114 Å². The summed E-state index contributed by atoms with van der Waals surface area (Å²) in [5.74, 6) is 0. The molecule has 102 valence electrons. The van der Waals surface area contributed by atoms with Crippen molar-refractivity contribution in [1.82, 2.24) is 5.32 Å². The van der Waals surface area contributed by atoms with Crippen molar-refractivity contribution < 1.29 is 9.53 Å². The van der Waals surface area contributed by atoms with Crippen molar-refractivity contribution in [3.63, 3.8) is 0 Å². The molecule has 19 heavy (non-hydrogen) atoms. The van der Waals surface area contributed by atoms with Gasteiger partial charge < -0.3 is 10.1 Å². The van der Waals surface area contributed by atoms with Gasteiger partial charge in [0.25, 0.3) is 0 Å². The number of hydrogen-bond donors (Lipinski definition) is 1. The Morgan fingerprint density at radius 2 is 2.05 bits per heavy atom. The number of rotatable bonds is 3. The van der Waals surface area contributed by atoms with Crippen molar-refractivity contribution in [3.05, 3.63) is 48.0 Å². The van der Waals surface area contributed by atoms with Crippen LogP contribution < -0.4 is 5.32 Å². The molecule has 0 heterocycles. The first kappa shape index (κ1) is 13.7. The fourth-order valence-corrected chi connectivity index (χ4v) is 2.18. The second-order valence-corrected chi connectivity index (χ2v) is 4.85. The Bertz CT molecular complexity index is 414. The van der Waals surface area contributed by atoms with Crippen LogP contribution in [-0.2, 0) is 11.3 Å². The molecule has 0 bridgehead atoms. The molecule has 0 aliphatic heterocycles. The molecule has 1 aliphatic carbocycles. The molecule has 0 spiro atoms. The van der Waals surface area contributed by atoms with E-state index in [1.165, 1.54) is 12.8 Å². The molecule has 1 N–H and O–H groups in total. The van der Waals surface area contributed by atoms with Gasteiger partial charge in [0, 0.05) is 6.54 Å². The molecule has 0 fully saturated rings. The lowest BCUT2D eigenvalue weighted by molar-refractivity contribution is 0.113. The summed E-state index contributed by atoms with van der Waals surface area (Å²) in [6, 6.07) is 9.84. The number of hydrogen-bond acceptors (Lipinski definition) is 2. The third-order valence-corrected chi connectivity index (χ3v) is 3.25. The van der Waals surface area contributed by atoms with Gasteiger partial charge in [0.2, 0.25) is 0 Å². The van der Waals surface area contributed by atoms with Gasteiger partial charge in [-0.1, -0.05) is 42.8 Å². The van der Waals surface area contributed by atoms with E-state index in [1.54, 1.807) is 0 Å². The van der Waals surface area contributed by atoms with E-state index >= 15 is 0 Å². The van der Waals surface area contributed by atoms with E-state index in [9.17, 15) is 4.79 Å². The molecule has 3 nitrogen and oxygen atoms in total. The van der Waals surface area contributed by atoms with Gasteiger partial charge in [0.05, 0.1) is 0 Å². The Hall–Kier alpha value is -1.77. The number of alkyl carbamates (subject to hydrolysis) is 1. The van der Waals surface area contributed by atoms with Crippen molar-refractivity contribution in [2.75, 3.05) is 0 Å². The molecule has 0 saturated carbocycles. The molecule has 0 aromatic heterocycles. The van der Waals surface area contributed by atoms with Gasteiger partial charge in [-0.15, -0.1) is 0 Å². The molecule has 1 amide bonds. The van der Waals surface area contributed by atoms with Crippen LogP contribution in [0.4, 0.5) is 4.79 Å². The third kappa shape index (κ3) is 5.16. The second-order valence-electron chi connectivity index (χ2n) is 4.85. The quantitative estimate of drug-likeness (QED) is 0.838. The number of allylic oxidation sites excluding steroid dienone is 1. The maximum absolute atomic E-state index is 11.7. The predicted molar refractivity (Wildman–Crippen MR) is 75.8 cm³/mol. The van der Waals surface area contributed by atoms with Crippen LogP contribution in [0.25, 0.3) is 0 Å². The first-order chi connectivity index (χ1) is 9.34. The molecule has 1 aromatic rings. The number of amides is 1. The molecule has 1 aliphatic rings. The molecule has 0 radical (unpaired) electrons. The number of benzene rings is 1. The van der Waals surface area contributed by atoms with Gasteiger partial charge in [0.1, 0.15) is 6.10 Å². The highest BCUT2D eigenvalue weighted by atomic mass is 16.6. The third-order valence-electron chi connectivity index (χ3n) is 3.25. The SMILES string of the molecule is O=C(NCc1ccccc1)OC1C=CCCCCC1. The summed E-state index contributed by atoms with van der Waals surface area (Å²) in [5.41, 5.74) is 1.08. The van der Waals surface area contributed by atoms with Gasteiger partial charge >= 0.3 is 6.09 Å². The Morgan fingerprint density at radius 3 is 2.89 bits per heavy atom. The molecule has 2 rings (SSSR count). The lowest BCUT2D eigenvalue weighted by Crippen LogP contribution is -2.28. The zero-order chi connectivity index (χ0) is 13.3. The van der Waals surface area contributed by atoms with Gasteiger partial charge in [-0.05, 0) is 37.3 Å². The highest BCUT2D eigenvalue weighted by molar-refractivity contribution is 5.67. The molecule has 1 aromatic carbocycles. The van der Waals surface area contributed by atoms with E-state index in [-0.39, 0.29) is 12.2 Å². The van der Waals surface area contributed by atoms with Gasteiger partial charge in [-0.25, -0.2) is 4.79 Å². The summed E-state index contributed by atoms with van der Waals surface area (Å²) in [6.45, 7) is 0.510. The second kappa shape index (κ2) is 7.62. The number of carbonyl (C=O) groups excluding carboxylic acids is 1. The van der Waals surface area contributed by atoms with E-state index in [4.69, 9.17) is 4.74 Å². The minimum Gasteiger partial charge on any atom is -0.442 e. The Balaban J connectivity index is 1.75. The summed E-state index contributed by atoms with van der Waals surface area (Å²) in [6.07, 6.45) is 9.33. The summed E-state index contributed by atoms with van der Waals surface area (Å²) in [5, 5.41) is 2.79. The molecular weight excluding hydrogens is 238 g/mol. The van der Waals surface area contributed by atoms with Crippen molar-refractivity contribution >= 4 is 6.09 Å². The average molecular weight is 259 g/mol. The molecule has 3 heteroatoms. The van der Waals surface area contributed by atoms with E-state index in [1.807, 2.05) is 36.4 Å². The van der Waals surface area contributed by atoms with E-state index in [2.05, 4.69) is 11.4 Å². The van der Waals surface area contributed by atoms with Crippen LogP contribution in [0.2, 0.25) is 0 Å². The van der Waals surface area contributed by atoms with Crippen LogP contribution in [0.5, 0.6) is 0 Å². The summed E-state index contributed by atoms with van der Waals surface area (Å²) in [4.78, 5) is 11.7. The van der Waals surface area contributed by atoms with Crippen LogP contribution >= 0.6 is 0 Å². The molecule has 1 unspecified atom stereocenters. The highest BCUT2D eigenvalue weighted by Gasteiger charge is 2.12. The highest BCUT2D eigenvalue weighted by Crippen LogP contribution is 2.14. The average Bonchev–Trinajstić information content (AvgIpc) is 2.41. The summed E-state index contributed by atoms with van der Waals surface area (Å²) >= 11 is 0.